The van der Waals surface area contributed by atoms with E-state index in [1.807, 2.05) is 0 Å². The highest BCUT2D eigenvalue weighted by Gasteiger charge is 2.46. The number of likely N-dealkylation sites (tertiary alicyclic amines) is 2. The van der Waals surface area contributed by atoms with Crippen LogP contribution in [0.4, 0.5) is 10.1 Å². The van der Waals surface area contributed by atoms with Gasteiger partial charge in [-0.15, -0.1) is 0 Å². The zero-order valence-corrected chi connectivity index (χ0v) is 21.7. The van der Waals surface area contributed by atoms with Crippen molar-refractivity contribution >= 4 is 34.4 Å². The molecule has 2 aliphatic heterocycles. The van der Waals surface area contributed by atoms with E-state index in [0.29, 0.717) is 36.0 Å². The Kier molecular flexibility index (Phi) is 7.99. The summed E-state index contributed by atoms with van der Waals surface area (Å²) in [6, 6.07) is 5.69. The molecular formula is C28H38FN5O4. The van der Waals surface area contributed by atoms with Crippen molar-refractivity contribution < 1.29 is 23.9 Å². The highest BCUT2D eigenvalue weighted by molar-refractivity contribution is 6.01. The lowest BCUT2D eigenvalue weighted by Crippen LogP contribution is -2.55. The summed E-state index contributed by atoms with van der Waals surface area (Å²) in [4.78, 5) is 45.9. The monoisotopic (exact) mass is 527 g/mol. The smallest absolute Gasteiger partial charge is 0.352 e. The number of carboxylic acid groups (broad SMARTS) is 1. The van der Waals surface area contributed by atoms with E-state index in [4.69, 9.17) is 5.73 Å². The molecule has 1 aromatic heterocycles. The highest BCUT2D eigenvalue weighted by Crippen LogP contribution is 2.35. The molecule has 2 saturated heterocycles. The second-order valence-corrected chi connectivity index (χ2v) is 11.1. The average molecular weight is 528 g/mol. The number of amides is 2. The third kappa shape index (κ3) is 5.42. The fraction of sp³-hybridized carbons (Fsp3) is 0.607. The molecule has 206 valence electrons. The molecule has 1 aliphatic carbocycles. The van der Waals surface area contributed by atoms with Gasteiger partial charge in [-0.3, -0.25) is 14.5 Å². The number of fused-ring (bicyclic) bond motifs is 1. The van der Waals surface area contributed by atoms with Gasteiger partial charge in [0.1, 0.15) is 18.4 Å². The molecule has 3 heterocycles. The van der Waals surface area contributed by atoms with Gasteiger partial charge >= 0.3 is 5.97 Å². The standard InChI is InChI=1S/C28H38FN5O4/c29-16-21(30)17-4-6-18(7-5-17)27(36)34-13-10-24(33-11-2-1-3-12-33)25(34)26(35)31-20-8-9-22-19(14-20)15-23(32-22)28(37)38/h8-9,14-15,17-18,21,24-25,32H,1-7,10-13,16,30H2,(H,31,35)(H,37,38)/t17?,18?,21?,24-,25+/m1/s1. The molecule has 0 spiro atoms. The Morgan fingerprint density at radius 1 is 1.05 bits per heavy atom. The Morgan fingerprint density at radius 3 is 2.47 bits per heavy atom. The Balaban J connectivity index is 1.34. The SMILES string of the molecule is NC(CF)C1CCC(C(=O)N2CC[C@@H](N3CCCCC3)[C@H]2C(=O)Nc2ccc3[nH]c(C(=O)O)cc3c2)CC1. The van der Waals surface area contributed by atoms with E-state index < -0.39 is 24.7 Å². The third-order valence-electron chi connectivity index (χ3n) is 8.80. The molecule has 1 saturated carbocycles. The number of hydrogen-bond donors (Lipinski definition) is 4. The molecule has 1 aromatic carbocycles. The maximum atomic E-state index is 13.8. The van der Waals surface area contributed by atoms with Crippen LogP contribution in [-0.4, -0.2) is 82.1 Å². The van der Waals surface area contributed by atoms with Gasteiger partial charge in [-0.25, -0.2) is 9.18 Å². The first-order valence-corrected chi connectivity index (χ1v) is 13.9. The van der Waals surface area contributed by atoms with E-state index in [2.05, 4.69) is 15.2 Å². The quantitative estimate of drug-likeness (QED) is 0.437. The molecule has 3 fully saturated rings. The minimum absolute atomic E-state index is 0.0177. The molecule has 9 nitrogen and oxygen atoms in total. The molecule has 3 aliphatic rings. The Hall–Kier alpha value is -2.98. The van der Waals surface area contributed by atoms with Crippen molar-refractivity contribution in [3.05, 3.63) is 30.0 Å². The number of nitrogens with one attached hydrogen (secondary N) is 2. The molecule has 3 atom stereocenters. The van der Waals surface area contributed by atoms with Crippen molar-refractivity contribution in [2.75, 3.05) is 31.6 Å². The topological polar surface area (TPSA) is 132 Å². The van der Waals surface area contributed by atoms with Gasteiger partial charge in [0.25, 0.3) is 0 Å². The van der Waals surface area contributed by atoms with Gasteiger partial charge in [0.2, 0.25) is 11.8 Å². The summed E-state index contributed by atoms with van der Waals surface area (Å²) >= 11 is 0. The Labute approximate surface area is 221 Å². The first kappa shape index (κ1) is 26.6. The predicted molar refractivity (Wildman–Crippen MR) is 143 cm³/mol. The molecule has 38 heavy (non-hydrogen) atoms. The lowest BCUT2D eigenvalue weighted by Gasteiger charge is -2.38. The average Bonchev–Trinajstić information content (AvgIpc) is 3.58. The van der Waals surface area contributed by atoms with Crippen LogP contribution in [0.2, 0.25) is 0 Å². The zero-order valence-electron chi connectivity index (χ0n) is 21.7. The van der Waals surface area contributed by atoms with Gasteiger partial charge in [0.05, 0.1) is 0 Å². The molecule has 10 heteroatoms. The maximum Gasteiger partial charge on any atom is 0.352 e. The van der Waals surface area contributed by atoms with Crippen molar-refractivity contribution in [2.45, 2.75) is 69.5 Å². The summed E-state index contributed by atoms with van der Waals surface area (Å²) < 4.78 is 13.1. The summed E-state index contributed by atoms with van der Waals surface area (Å²) in [7, 11) is 0. The third-order valence-corrected chi connectivity index (χ3v) is 8.80. The summed E-state index contributed by atoms with van der Waals surface area (Å²) in [6.45, 7) is 1.86. The Bertz CT molecular complexity index is 1170. The second kappa shape index (κ2) is 11.4. The minimum Gasteiger partial charge on any atom is -0.477 e. The first-order chi connectivity index (χ1) is 18.4. The van der Waals surface area contributed by atoms with Crippen molar-refractivity contribution in [2.24, 2.45) is 17.6 Å². The van der Waals surface area contributed by atoms with E-state index in [-0.39, 0.29) is 35.4 Å². The first-order valence-electron chi connectivity index (χ1n) is 13.9. The van der Waals surface area contributed by atoms with Crippen LogP contribution in [0.25, 0.3) is 10.9 Å². The number of aromatic nitrogens is 1. The second-order valence-electron chi connectivity index (χ2n) is 11.1. The van der Waals surface area contributed by atoms with Gasteiger partial charge in [0.15, 0.2) is 0 Å². The largest absolute Gasteiger partial charge is 0.477 e. The normalized spacial score (nSPS) is 27.4. The van der Waals surface area contributed by atoms with Crippen LogP contribution in [0, 0.1) is 11.8 Å². The fourth-order valence-electron chi connectivity index (χ4n) is 6.67. The van der Waals surface area contributed by atoms with Gasteiger partial charge in [-0.2, -0.15) is 0 Å². The van der Waals surface area contributed by atoms with Gasteiger partial charge in [0, 0.05) is 41.1 Å². The summed E-state index contributed by atoms with van der Waals surface area (Å²) in [5.41, 5.74) is 7.24. The van der Waals surface area contributed by atoms with E-state index in [9.17, 15) is 23.9 Å². The number of halogens is 1. The van der Waals surface area contributed by atoms with Crippen molar-refractivity contribution in [3.63, 3.8) is 0 Å². The molecule has 2 amide bonds. The maximum absolute atomic E-state index is 13.8. The number of carboxylic acids is 1. The lowest BCUT2D eigenvalue weighted by molar-refractivity contribution is -0.142. The number of aromatic carboxylic acids is 1. The van der Waals surface area contributed by atoms with Crippen molar-refractivity contribution in [1.82, 2.24) is 14.8 Å². The number of hydrogen-bond acceptors (Lipinski definition) is 5. The number of nitrogens with two attached hydrogens (primary N) is 1. The molecule has 1 unspecified atom stereocenters. The van der Waals surface area contributed by atoms with E-state index in [0.717, 1.165) is 45.2 Å². The van der Waals surface area contributed by atoms with Crippen LogP contribution in [0.1, 0.15) is 61.9 Å². The van der Waals surface area contributed by atoms with Gasteiger partial charge in [-0.1, -0.05) is 6.42 Å². The van der Waals surface area contributed by atoms with Crippen LogP contribution in [0.5, 0.6) is 0 Å². The van der Waals surface area contributed by atoms with Crippen LogP contribution >= 0.6 is 0 Å². The number of anilines is 1. The van der Waals surface area contributed by atoms with E-state index in [1.54, 1.807) is 29.2 Å². The fourth-order valence-corrected chi connectivity index (χ4v) is 6.67. The van der Waals surface area contributed by atoms with Gasteiger partial charge < -0.3 is 26.0 Å². The summed E-state index contributed by atoms with van der Waals surface area (Å²) in [6.07, 6.45) is 6.93. The highest BCUT2D eigenvalue weighted by atomic mass is 19.1. The lowest BCUT2D eigenvalue weighted by atomic mass is 9.78. The van der Waals surface area contributed by atoms with Crippen LogP contribution < -0.4 is 11.1 Å². The molecule has 5 rings (SSSR count). The molecular weight excluding hydrogens is 489 g/mol. The van der Waals surface area contributed by atoms with Crippen LogP contribution in [-0.2, 0) is 9.59 Å². The molecule has 5 N–H and O–H groups in total. The van der Waals surface area contributed by atoms with Gasteiger partial charge in [-0.05, 0) is 88.2 Å². The van der Waals surface area contributed by atoms with Crippen molar-refractivity contribution in [3.8, 4) is 0 Å². The van der Waals surface area contributed by atoms with Crippen LogP contribution in [0.15, 0.2) is 24.3 Å². The molecule has 0 radical (unpaired) electrons. The minimum atomic E-state index is -1.04. The number of aromatic amines is 1. The number of alkyl halides is 1. The number of H-pyrrole nitrogens is 1. The number of benzene rings is 1. The number of carbonyl (C=O) groups excluding carboxylic acids is 2. The number of piperidine rings is 1. The molecule has 0 bridgehead atoms. The Morgan fingerprint density at radius 2 is 1.79 bits per heavy atom. The predicted octanol–water partition coefficient (Wildman–Crippen LogP) is 3.36. The summed E-state index contributed by atoms with van der Waals surface area (Å²) in [5.74, 6) is -1.30. The number of rotatable bonds is 7. The molecule has 2 aromatic rings. The number of nitrogens with zero attached hydrogens (tertiary/aromatic N) is 2. The van der Waals surface area contributed by atoms with E-state index in [1.165, 1.54) is 6.42 Å². The van der Waals surface area contributed by atoms with Crippen molar-refractivity contribution in [1.29, 1.82) is 0 Å². The number of carbonyl (C=O) groups is 3. The summed E-state index contributed by atoms with van der Waals surface area (Å²) in [5, 5.41) is 13.0. The van der Waals surface area contributed by atoms with Crippen LogP contribution in [0.3, 0.4) is 0 Å². The zero-order chi connectivity index (χ0) is 26.8. The van der Waals surface area contributed by atoms with E-state index >= 15 is 0 Å².